The molecule has 2 aliphatic rings. The molecule has 1 saturated heterocycles. The molecule has 1 spiro atoms. The van der Waals surface area contributed by atoms with Crippen LogP contribution in [0.5, 0.6) is 5.75 Å². The van der Waals surface area contributed by atoms with Gasteiger partial charge in [0.05, 0.1) is 31.0 Å². The zero-order valence-corrected chi connectivity index (χ0v) is 17.5. The molecule has 1 fully saturated rings. The van der Waals surface area contributed by atoms with Crippen LogP contribution in [0.1, 0.15) is 42.2 Å². The van der Waals surface area contributed by atoms with Crippen LogP contribution in [0.3, 0.4) is 0 Å². The zero-order valence-electron chi connectivity index (χ0n) is 17.5. The molecule has 1 aromatic carbocycles. The third-order valence-electron chi connectivity index (χ3n) is 5.55. The maximum Gasteiger partial charge on any atom is 0.258 e. The summed E-state index contributed by atoms with van der Waals surface area (Å²) in [7, 11) is 0. The Kier molecular flexibility index (Phi) is 5.76. The van der Waals surface area contributed by atoms with E-state index >= 15 is 0 Å². The molecule has 0 atom stereocenters. The fourth-order valence-electron chi connectivity index (χ4n) is 4.10. The normalized spacial score (nSPS) is 17.9. The molecule has 0 radical (unpaired) electrons. The van der Waals surface area contributed by atoms with Crippen LogP contribution in [-0.4, -0.2) is 58.4 Å². The highest BCUT2D eigenvalue weighted by molar-refractivity contribution is 6.01. The second kappa shape index (κ2) is 8.47. The first-order valence-corrected chi connectivity index (χ1v) is 10.5. The van der Waals surface area contributed by atoms with Crippen molar-refractivity contribution in [1.82, 2.24) is 14.7 Å². The Morgan fingerprint density at radius 3 is 2.80 bits per heavy atom. The Labute approximate surface area is 176 Å². The first kappa shape index (κ1) is 20.4. The quantitative estimate of drug-likeness (QED) is 0.816. The largest absolute Gasteiger partial charge is 0.484 e. The van der Waals surface area contributed by atoms with E-state index in [4.69, 9.17) is 9.47 Å². The Bertz CT molecular complexity index is 933. The molecular weight excluding hydrogens is 384 g/mol. The van der Waals surface area contributed by atoms with E-state index in [1.54, 1.807) is 15.6 Å². The third-order valence-corrected chi connectivity index (χ3v) is 5.55. The summed E-state index contributed by atoms with van der Waals surface area (Å²) in [4.78, 5) is 27.7. The van der Waals surface area contributed by atoms with E-state index in [-0.39, 0.29) is 18.4 Å². The van der Waals surface area contributed by atoms with E-state index in [0.717, 1.165) is 18.7 Å². The standard InChI is InChI=1S/C22H28N4O4/c1-3-10-26-19(13-16(2)24-26)23-20(27)14-25-15-22(8-11-29-12-9-22)30-18-7-5-4-6-17(18)21(25)28/h4-7,13H,3,8-12,14-15H2,1-2H3,(H,23,27). The number of amides is 2. The number of hydrogen-bond acceptors (Lipinski definition) is 5. The van der Waals surface area contributed by atoms with E-state index in [2.05, 4.69) is 17.3 Å². The lowest BCUT2D eigenvalue weighted by molar-refractivity contribution is -0.117. The van der Waals surface area contributed by atoms with E-state index in [0.29, 0.717) is 49.7 Å². The first-order valence-electron chi connectivity index (χ1n) is 10.5. The molecule has 2 amide bonds. The van der Waals surface area contributed by atoms with Gasteiger partial charge in [0, 0.05) is 25.5 Å². The summed E-state index contributed by atoms with van der Waals surface area (Å²) in [6.07, 6.45) is 2.26. The van der Waals surface area contributed by atoms with Crippen molar-refractivity contribution in [3.63, 3.8) is 0 Å². The number of fused-ring (bicyclic) bond motifs is 1. The number of benzene rings is 1. The molecule has 1 N–H and O–H groups in total. The van der Waals surface area contributed by atoms with Gasteiger partial charge in [-0.2, -0.15) is 5.10 Å². The SMILES string of the molecule is CCCn1nc(C)cc1NC(=O)CN1CC2(CCOCC2)Oc2ccccc2C1=O. The summed E-state index contributed by atoms with van der Waals surface area (Å²) < 4.78 is 13.7. The van der Waals surface area contributed by atoms with E-state index in [1.807, 2.05) is 31.2 Å². The predicted molar refractivity (Wildman–Crippen MR) is 112 cm³/mol. The minimum Gasteiger partial charge on any atom is -0.484 e. The van der Waals surface area contributed by atoms with Crippen molar-refractivity contribution in [2.75, 3.05) is 31.6 Å². The number of aryl methyl sites for hydroxylation is 2. The van der Waals surface area contributed by atoms with Gasteiger partial charge in [-0.05, 0) is 25.5 Å². The highest BCUT2D eigenvalue weighted by Gasteiger charge is 2.42. The summed E-state index contributed by atoms with van der Waals surface area (Å²) in [6, 6.07) is 9.09. The van der Waals surface area contributed by atoms with Crippen molar-refractivity contribution < 1.29 is 19.1 Å². The average Bonchev–Trinajstić information content (AvgIpc) is 3.01. The van der Waals surface area contributed by atoms with Gasteiger partial charge in [-0.3, -0.25) is 9.59 Å². The fourth-order valence-corrected chi connectivity index (χ4v) is 4.10. The zero-order chi connectivity index (χ0) is 21.1. The Balaban J connectivity index is 1.56. The molecule has 0 aliphatic carbocycles. The molecule has 1 aromatic heterocycles. The van der Waals surface area contributed by atoms with Gasteiger partial charge < -0.3 is 19.7 Å². The maximum absolute atomic E-state index is 13.2. The van der Waals surface area contributed by atoms with Crippen molar-refractivity contribution in [2.45, 2.75) is 45.3 Å². The lowest BCUT2D eigenvalue weighted by atomic mass is 9.93. The highest BCUT2D eigenvalue weighted by Crippen LogP contribution is 2.34. The molecule has 0 bridgehead atoms. The summed E-state index contributed by atoms with van der Waals surface area (Å²) in [5, 5.41) is 7.34. The molecule has 8 nitrogen and oxygen atoms in total. The van der Waals surface area contributed by atoms with Gasteiger partial charge in [0.25, 0.3) is 5.91 Å². The number of nitrogens with zero attached hydrogens (tertiary/aromatic N) is 3. The number of anilines is 1. The predicted octanol–water partition coefficient (Wildman–Crippen LogP) is 2.62. The maximum atomic E-state index is 13.2. The Hall–Kier alpha value is -2.87. The monoisotopic (exact) mass is 412 g/mol. The fraction of sp³-hybridized carbons (Fsp3) is 0.500. The lowest BCUT2D eigenvalue weighted by Gasteiger charge is -2.38. The minimum atomic E-state index is -0.540. The Morgan fingerprint density at radius 1 is 1.27 bits per heavy atom. The summed E-state index contributed by atoms with van der Waals surface area (Å²) in [6.45, 7) is 6.13. The topological polar surface area (TPSA) is 85.7 Å². The smallest absolute Gasteiger partial charge is 0.258 e. The van der Waals surface area contributed by atoms with Crippen molar-refractivity contribution in [1.29, 1.82) is 0 Å². The third kappa shape index (κ3) is 4.18. The van der Waals surface area contributed by atoms with E-state index in [1.165, 1.54) is 0 Å². The van der Waals surface area contributed by atoms with Crippen molar-refractivity contribution in [2.24, 2.45) is 0 Å². The molecule has 30 heavy (non-hydrogen) atoms. The van der Waals surface area contributed by atoms with E-state index < -0.39 is 5.60 Å². The molecule has 2 aliphatic heterocycles. The van der Waals surface area contributed by atoms with Gasteiger partial charge in [0.15, 0.2) is 0 Å². The molecule has 4 rings (SSSR count). The van der Waals surface area contributed by atoms with Gasteiger partial charge in [0.2, 0.25) is 5.91 Å². The number of ether oxygens (including phenoxy) is 2. The average molecular weight is 412 g/mol. The number of nitrogens with one attached hydrogen (secondary N) is 1. The number of rotatable bonds is 5. The van der Waals surface area contributed by atoms with Gasteiger partial charge in [0.1, 0.15) is 23.7 Å². The highest BCUT2D eigenvalue weighted by atomic mass is 16.5. The molecule has 0 saturated carbocycles. The molecule has 0 unspecified atom stereocenters. The van der Waals surface area contributed by atoms with Crippen molar-refractivity contribution in [3.05, 3.63) is 41.6 Å². The second-order valence-electron chi connectivity index (χ2n) is 8.00. The first-order chi connectivity index (χ1) is 14.5. The van der Waals surface area contributed by atoms with Gasteiger partial charge >= 0.3 is 0 Å². The number of aromatic nitrogens is 2. The summed E-state index contributed by atoms with van der Waals surface area (Å²) in [5.41, 5.74) is 0.787. The van der Waals surface area contributed by atoms with Crippen LogP contribution in [0.4, 0.5) is 5.82 Å². The minimum absolute atomic E-state index is 0.0461. The van der Waals surface area contributed by atoms with E-state index in [9.17, 15) is 9.59 Å². The van der Waals surface area contributed by atoms with Gasteiger partial charge in [-0.15, -0.1) is 0 Å². The Morgan fingerprint density at radius 2 is 2.03 bits per heavy atom. The van der Waals surface area contributed by atoms with Crippen molar-refractivity contribution >= 4 is 17.6 Å². The molecule has 160 valence electrons. The van der Waals surface area contributed by atoms with Gasteiger partial charge in [-0.1, -0.05) is 19.1 Å². The lowest BCUT2D eigenvalue weighted by Crippen LogP contribution is -2.52. The van der Waals surface area contributed by atoms with Gasteiger partial charge in [-0.25, -0.2) is 4.68 Å². The number of carbonyl (C=O) groups excluding carboxylic acids is 2. The van der Waals surface area contributed by atoms with Crippen LogP contribution >= 0.6 is 0 Å². The summed E-state index contributed by atoms with van der Waals surface area (Å²) >= 11 is 0. The van der Waals surface area contributed by atoms with Crippen LogP contribution in [0, 0.1) is 6.92 Å². The van der Waals surface area contributed by atoms with Crippen LogP contribution in [0.15, 0.2) is 30.3 Å². The molecule has 2 aromatic rings. The summed E-state index contributed by atoms with van der Waals surface area (Å²) in [5.74, 6) is 0.785. The number of hydrogen-bond donors (Lipinski definition) is 1. The second-order valence-corrected chi connectivity index (χ2v) is 8.00. The molecule has 3 heterocycles. The van der Waals surface area contributed by atoms with Crippen LogP contribution in [-0.2, 0) is 16.1 Å². The molecular formula is C22H28N4O4. The van der Waals surface area contributed by atoms with Crippen molar-refractivity contribution in [3.8, 4) is 5.75 Å². The molecule has 8 heteroatoms. The van der Waals surface area contributed by atoms with Crippen LogP contribution in [0.25, 0.3) is 0 Å². The number of para-hydroxylation sites is 1. The van der Waals surface area contributed by atoms with Crippen LogP contribution < -0.4 is 10.1 Å². The van der Waals surface area contributed by atoms with Crippen LogP contribution in [0.2, 0.25) is 0 Å². The number of carbonyl (C=O) groups is 2.